The fourth-order valence-corrected chi connectivity index (χ4v) is 3.80. The summed E-state index contributed by atoms with van der Waals surface area (Å²) < 4.78 is 0. The van der Waals surface area contributed by atoms with Crippen molar-refractivity contribution < 1.29 is 22.8 Å². The zero-order valence-corrected chi connectivity index (χ0v) is 8.00. The van der Waals surface area contributed by atoms with Gasteiger partial charge in [-0.15, -0.1) is 0 Å². The molecule has 66 valence electrons. The van der Waals surface area contributed by atoms with Crippen LogP contribution in [0.3, 0.4) is 0 Å². The zero-order chi connectivity index (χ0) is 7.03. The third-order valence-corrected chi connectivity index (χ3v) is 4.31. The molecule has 2 rings (SSSR count). The van der Waals surface area contributed by atoms with Crippen molar-refractivity contribution in [3.8, 4) is 0 Å². The van der Waals surface area contributed by atoms with E-state index < -0.39 is 0 Å². The van der Waals surface area contributed by atoms with E-state index in [4.69, 9.17) is 0 Å². The van der Waals surface area contributed by atoms with Gasteiger partial charge in [-0.25, -0.2) is 0 Å². The van der Waals surface area contributed by atoms with Gasteiger partial charge < -0.3 is 22.8 Å². The fraction of sp³-hybridized carbons (Fsp3) is 1.00. The van der Waals surface area contributed by atoms with Crippen LogP contribution in [0, 0.1) is 11.3 Å². The summed E-state index contributed by atoms with van der Waals surface area (Å²) in [6, 6.07) is 0. The Labute approximate surface area is 77.5 Å². The smallest absolute Gasteiger partial charge is 0.0848 e. The van der Waals surface area contributed by atoms with Gasteiger partial charge in [-0.05, 0) is 0 Å². The Balaban J connectivity index is 0.000000605. The summed E-state index contributed by atoms with van der Waals surface area (Å²) in [5, 5.41) is 11.5. The molecular formula is C7H14ClNOS. The molecule has 2 atom stereocenters. The Morgan fingerprint density at radius 2 is 2.45 bits per heavy atom. The highest BCUT2D eigenvalue weighted by Crippen LogP contribution is 2.40. The van der Waals surface area contributed by atoms with Crippen molar-refractivity contribution in [2.45, 2.75) is 0 Å². The molecule has 0 aromatic heterocycles. The average Bonchev–Trinajstić information content (AvgIpc) is 2.42. The Morgan fingerprint density at radius 1 is 1.64 bits per heavy atom. The van der Waals surface area contributed by atoms with Gasteiger partial charge in [0, 0.05) is 17.4 Å². The molecular weight excluding hydrogens is 182 g/mol. The third kappa shape index (κ3) is 1.39. The summed E-state index contributed by atoms with van der Waals surface area (Å²) in [4.78, 5) is 0. The van der Waals surface area contributed by atoms with Crippen molar-refractivity contribution in [2.24, 2.45) is 11.3 Å². The van der Waals surface area contributed by atoms with E-state index in [0.717, 1.165) is 12.5 Å². The van der Waals surface area contributed by atoms with Gasteiger partial charge >= 0.3 is 0 Å². The first-order valence-electron chi connectivity index (χ1n) is 3.88. The van der Waals surface area contributed by atoms with Crippen LogP contribution < -0.4 is 17.7 Å². The highest BCUT2D eigenvalue weighted by Gasteiger charge is 2.49. The van der Waals surface area contributed by atoms with Gasteiger partial charge in [0.1, 0.15) is 0 Å². The maximum atomic E-state index is 9.19. The van der Waals surface area contributed by atoms with Crippen LogP contribution in [0.5, 0.6) is 0 Å². The number of fused-ring (bicyclic) bond motifs is 1. The SMILES string of the molecule is OC[C@@]12C[NH2+]C[C@@H]1CSC2.[Cl-]. The topological polar surface area (TPSA) is 36.8 Å². The number of aliphatic hydroxyl groups excluding tert-OH is 1. The second kappa shape index (κ2) is 3.52. The Hall–Kier alpha value is 0.560. The highest BCUT2D eigenvalue weighted by molar-refractivity contribution is 7.99. The molecule has 2 heterocycles. The zero-order valence-electron chi connectivity index (χ0n) is 6.42. The molecule has 0 radical (unpaired) electrons. The molecule has 0 bridgehead atoms. The van der Waals surface area contributed by atoms with E-state index in [2.05, 4.69) is 5.32 Å². The van der Waals surface area contributed by atoms with Crippen LogP contribution in [0.25, 0.3) is 0 Å². The van der Waals surface area contributed by atoms with Crippen LogP contribution in [-0.2, 0) is 0 Å². The molecule has 0 unspecified atom stereocenters. The van der Waals surface area contributed by atoms with Crippen molar-refractivity contribution in [1.82, 2.24) is 0 Å². The van der Waals surface area contributed by atoms with E-state index in [-0.39, 0.29) is 12.4 Å². The van der Waals surface area contributed by atoms with Gasteiger partial charge in [0.15, 0.2) is 0 Å². The number of rotatable bonds is 1. The van der Waals surface area contributed by atoms with Crippen molar-refractivity contribution in [3.63, 3.8) is 0 Å². The number of nitrogens with two attached hydrogens (primary N) is 1. The lowest BCUT2D eigenvalue weighted by atomic mass is 9.82. The van der Waals surface area contributed by atoms with E-state index >= 15 is 0 Å². The van der Waals surface area contributed by atoms with Crippen molar-refractivity contribution in [2.75, 3.05) is 31.2 Å². The molecule has 0 saturated carbocycles. The van der Waals surface area contributed by atoms with Crippen molar-refractivity contribution in [3.05, 3.63) is 0 Å². The first-order chi connectivity index (χ1) is 4.87. The summed E-state index contributed by atoms with van der Waals surface area (Å²) in [5.41, 5.74) is 0.310. The second-order valence-corrected chi connectivity index (χ2v) is 4.49. The van der Waals surface area contributed by atoms with E-state index in [0.29, 0.717) is 12.0 Å². The minimum atomic E-state index is 0. The minimum Gasteiger partial charge on any atom is -1.00 e. The normalized spacial score (nSPS) is 41.7. The summed E-state index contributed by atoms with van der Waals surface area (Å²) in [6.45, 7) is 2.80. The van der Waals surface area contributed by atoms with Gasteiger partial charge in [-0.2, -0.15) is 11.8 Å². The molecule has 0 aromatic carbocycles. The third-order valence-electron chi connectivity index (χ3n) is 2.89. The molecule has 0 spiro atoms. The predicted molar refractivity (Wildman–Crippen MR) is 42.0 cm³/mol. The number of thioether (sulfide) groups is 1. The first kappa shape index (κ1) is 9.65. The minimum absolute atomic E-state index is 0. The van der Waals surface area contributed by atoms with E-state index in [9.17, 15) is 5.11 Å². The largest absolute Gasteiger partial charge is 1.00 e. The van der Waals surface area contributed by atoms with Crippen LogP contribution in [0.15, 0.2) is 0 Å². The summed E-state index contributed by atoms with van der Waals surface area (Å²) in [6.07, 6.45) is 0. The molecule has 11 heavy (non-hydrogen) atoms. The van der Waals surface area contributed by atoms with Crippen LogP contribution in [0.4, 0.5) is 0 Å². The molecule has 2 fully saturated rings. The quantitative estimate of drug-likeness (QED) is 0.447. The summed E-state index contributed by atoms with van der Waals surface area (Å²) in [7, 11) is 0. The maximum absolute atomic E-state index is 9.19. The molecule has 3 N–H and O–H groups in total. The predicted octanol–water partition coefficient (Wildman–Crippen LogP) is -4.09. The number of quaternary nitrogens is 1. The molecule has 0 aliphatic carbocycles. The van der Waals surface area contributed by atoms with Crippen LogP contribution >= 0.6 is 11.8 Å². The monoisotopic (exact) mass is 195 g/mol. The first-order valence-corrected chi connectivity index (χ1v) is 5.03. The standard InChI is InChI=1S/C7H13NOS.ClH/c9-4-7-3-8-1-6(7)2-10-5-7;/h6,8-9H,1-5H2;1H/t6-,7-;/m1./s1. The Bertz CT molecular complexity index is 134. The van der Waals surface area contributed by atoms with Crippen LogP contribution in [-0.4, -0.2) is 36.3 Å². The van der Waals surface area contributed by atoms with Gasteiger partial charge in [0.05, 0.1) is 25.1 Å². The van der Waals surface area contributed by atoms with Gasteiger partial charge in [0.2, 0.25) is 0 Å². The van der Waals surface area contributed by atoms with E-state index in [1.807, 2.05) is 11.8 Å². The molecule has 2 saturated heterocycles. The number of aliphatic hydroxyl groups is 1. The summed E-state index contributed by atoms with van der Waals surface area (Å²) >= 11 is 2.01. The molecule has 2 nitrogen and oxygen atoms in total. The molecule has 0 aromatic rings. The maximum Gasteiger partial charge on any atom is 0.0848 e. The fourth-order valence-electron chi connectivity index (χ4n) is 2.05. The lowest BCUT2D eigenvalue weighted by Gasteiger charge is -2.20. The van der Waals surface area contributed by atoms with Crippen molar-refractivity contribution in [1.29, 1.82) is 0 Å². The molecule has 2 aliphatic rings. The lowest BCUT2D eigenvalue weighted by molar-refractivity contribution is -0.642. The number of halogens is 1. The van der Waals surface area contributed by atoms with Gasteiger partial charge in [0.25, 0.3) is 0 Å². The summed E-state index contributed by atoms with van der Waals surface area (Å²) in [5.74, 6) is 3.25. The Morgan fingerprint density at radius 3 is 3.09 bits per heavy atom. The van der Waals surface area contributed by atoms with Gasteiger partial charge in [-0.3, -0.25) is 0 Å². The molecule has 4 heteroatoms. The van der Waals surface area contributed by atoms with Gasteiger partial charge in [-0.1, -0.05) is 0 Å². The Kier molecular flexibility index (Phi) is 3.09. The van der Waals surface area contributed by atoms with Crippen LogP contribution in [0.2, 0.25) is 0 Å². The molecule has 0 amide bonds. The van der Waals surface area contributed by atoms with Crippen molar-refractivity contribution >= 4 is 11.8 Å². The van der Waals surface area contributed by atoms with E-state index in [1.165, 1.54) is 18.1 Å². The molecule has 2 aliphatic heterocycles. The average molecular weight is 196 g/mol. The second-order valence-electron chi connectivity index (χ2n) is 3.46. The highest BCUT2D eigenvalue weighted by atomic mass is 35.5. The van der Waals surface area contributed by atoms with Crippen LogP contribution in [0.1, 0.15) is 0 Å². The number of hydrogen-bond donors (Lipinski definition) is 2. The lowest BCUT2D eigenvalue weighted by Crippen LogP contribution is -3.00. The van der Waals surface area contributed by atoms with E-state index in [1.54, 1.807) is 0 Å². The number of hydrogen-bond acceptors (Lipinski definition) is 2.